The number of rotatable bonds is 6. The van der Waals surface area contributed by atoms with E-state index in [0.29, 0.717) is 41.0 Å². The van der Waals surface area contributed by atoms with Crippen molar-refractivity contribution >= 4 is 57.4 Å². The van der Waals surface area contributed by atoms with Crippen LogP contribution in [-0.2, 0) is 16.2 Å². The molecule has 8 heteroatoms. The minimum atomic E-state index is -0.375. The number of Topliss-reactive ketones (excluding diaryl/α,β-unsaturated/α-hetero) is 2. The Morgan fingerprint density at radius 2 is 1.59 bits per heavy atom. The molecule has 1 aliphatic heterocycles. The number of halogens is 3. The number of hydrogen-bond acceptors (Lipinski definition) is 5. The maximum atomic E-state index is 13.4. The molecule has 5 rings (SSSR count). The molecule has 3 aliphatic rings. The van der Waals surface area contributed by atoms with Crippen molar-refractivity contribution in [3.8, 4) is 11.5 Å². The Bertz CT molecular complexity index is 1310. The molecule has 0 unspecified atom stereocenters. The molecule has 0 spiro atoms. The number of ether oxygens (including phenoxy) is 2. The topological polar surface area (TPSA) is 55.8 Å². The van der Waals surface area contributed by atoms with Gasteiger partial charge in [-0.3, -0.25) is 9.59 Å². The molecule has 2 aromatic rings. The molecule has 0 N–H and O–H groups in total. The van der Waals surface area contributed by atoms with Crippen LogP contribution < -0.4 is 9.47 Å². The molecule has 2 aromatic carbocycles. The van der Waals surface area contributed by atoms with E-state index in [1.165, 1.54) is 0 Å². The van der Waals surface area contributed by atoms with Crippen LogP contribution in [0.25, 0.3) is 0 Å². The lowest BCUT2D eigenvalue weighted by molar-refractivity contribution is -0.117. The Kier molecular flexibility index (Phi) is 7.89. The van der Waals surface area contributed by atoms with Gasteiger partial charge in [0.15, 0.2) is 23.1 Å². The maximum absolute atomic E-state index is 13.4. The van der Waals surface area contributed by atoms with Crippen molar-refractivity contribution in [1.82, 2.24) is 4.90 Å². The zero-order valence-electron chi connectivity index (χ0n) is 20.8. The quantitative estimate of drug-likeness (QED) is 0.301. The van der Waals surface area contributed by atoms with Crippen LogP contribution in [0, 0.1) is 3.57 Å². The summed E-state index contributed by atoms with van der Waals surface area (Å²) in [4.78, 5) is 29.0. The first-order valence-electron chi connectivity index (χ1n) is 12.6. The molecule has 2 aliphatic carbocycles. The molecular weight excluding hydrogens is 624 g/mol. The Morgan fingerprint density at radius 1 is 0.946 bits per heavy atom. The second kappa shape index (κ2) is 11.0. The average Bonchev–Trinajstić information content (AvgIpc) is 2.88. The van der Waals surface area contributed by atoms with Crippen molar-refractivity contribution in [2.24, 2.45) is 0 Å². The van der Waals surface area contributed by atoms with Gasteiger partial charge in [0.05, 0.1) is 20.7 Å². The first-order chi connectivity index (χ1) is 17.8. The van der Waals surface area contributed by atoms with Gasteiger partial charge in [0, 0.05) is 47.8 Å². The minimum Gasteiger partial charge on any atom is -0.493 e. The van der Waals surface area contributed by atoms with Crippen molar-refractivity contribution in [2.75, 3.05) is 13.7 Å². The van der Waals surface area contributed by atoms with E-state index in [1.54, 1.807) is 19.2 Å². The number of carbonyl (C=O) groups is 2. The van der Waals surface area contributed by atoms with Crippen molar-refractivity contribution < 1.29 is 19.1 Å². The van der Waals surface area contributed by atoms with E-state index >= 15 is 0 Å². The molecule has 1 heterocycles. The van der Waals surface area contributed by atoms with Crippen LogP contribution >= 0.6 is 45.8 Å². The molecule has 194 valence electrons. The van der Waals surface area contributed by atoms with E-state index in [9.17, 15) is 9.59 Å². The Morgan fingerprint density at radius 3 is 2.16 bits per heavy atom. The van der Waals surface area contributed by atoms with E-state index in [1.807, 2.05) is 18.2 Å². The fraction of sp³-hybridized carbons (Fsp3) is 0.379. The fourth-order valence-corrected chi connectivity index (χ4v) is 6.86. The van der Waals surface area contributed by atoms with E-state index in [2.05, 4.69) is 34.4 Å². The van der Waals surface area contributed by atoms with Crippen LogP contribution in [0.15, 0.2) is 52.9 Å². The summed E-state index contributed by atoms with van der Waals surface area (Å²) in [5.74, 6) is 1.08. The number of nitrogens with zero attached hydrogens (tertiary/aromatic N) is 1. The highest BCUT2D eigenvalue weighted by Gasteiger charge is 2.43. The standard InChI is InChI=1S/C29H28Cl2INO4/c1-3-33-21-6-4-8-23(34)27(21)26(28-22(33)7-5-9-24(28)35)17-13-20(32)29(25(14-17)36-2)37-15-16-10-11-18(30)19(31)12-16/h10-14,26H,3-9,15H2,1-2H3. The first kappa shape index (κ1) is 26.6. The van der Waals surface area contributed by atoms with Crippen LogP contribution in [0.2, 0.25) is 10.0 Å². The number of benzene rings is 2. The Balaban J connectivity index is 1.58. The van der Waals surface area contributed by atoms with Crippen LogP contribution in [-0.4, -0.2) is 30.1 Å². The molecule has 0 fully saturated rings. The van der Waals surface area contributed by atoms with E-state index in [4.69, 9.17) is 32.7 Å². The predicted molar refractivity (Wildman–Crippen MR) is 153 cm³/mol. The van der Waals surface area contributed by atoms with Crippen molar-refractivity contribution in [3.05, 3.63) is 77.6 Å². The summed E-state index contributed by atoms with van der Waals surface area (Å²) in [7, 11) is 1.60. The van der Waals surface area contributed by atoms with Crippen molar-refractivity contribution in [2.45, 2.75) is 58.0 Å². The van der Waals surface area contributed by atoms with Gasteiger partial charge in [-0.05, 0) is 90.6 Å². The van der Waals surface area contributed by atoms with Crippen LogP contribution in [0.1, 0.15) is 62.5 Å². The smallest absolute Gasteiger partial charge is 0.174 e. The van der Waals surface area contributed by atoms with Crippen LogP contribution in [0.4, 0.5) is 0 Å². The zero-order chi connectivity index (χ0) is 26.3. The largest absolute Gasteiger partial charge is 0.493 e. The van der Waals surface area contributed by atoms with Gasteiger partial charge in [0.25, 0.3) is 0 Å². The normalized spacial score (nSPS) is 18.2. The lowest BCUT2D eigenvalue weighted by atomic mass is 9.71. The molecule has 0 atom stereocenters. The fourth-order valence-electron chi connectivity index (χ4n) is 5.76. The van der Waals surface area contributed by atoms with Crippen LogP contribution in [0.5, 0.6) is 11.5 Å². The summed E-state index contributed by atoms with van der Waals surface area (Å²) in [6, 6.07) is 9.35. The van der Waals surface area contributed by atoms with Gasteiger partial charge in [-0.15, -0.1) is 0 Å². The van der Waals surface area contributed by atoms with Crippen molar-refractivity contribution in [1.29, 1.82) is 0 Å². The summed E-state index contributed by atoms with van der Waals surface area (Å²) in [5, 5.41) is 0.966. The van der Waals surface area contributed by atoms with Gasteiger partial charge in [0.1, 0.15) is 6.61 Å². The maximum Gasteiger partial charge on any atom is 0.174 e. The molecule has 0 bridgehead atoms. The molecule has 37 heavy (non-hydrogen) atoms. The summed E-state index contributed by atoms with van der Waals surface area (Å²) in [6.07, 6.45) is 4.44. The SMILES string of the molecule is CCN1C2=C(C(=O)CCC2)C(c2cc(I)c(OCc3ccc(Cl)c(Cl)c3)c(OC)c2)C2=C1CCCC2=O. The number of hydrogen-bond donors (Lipinski definition) is 0. The van der Waals surface area contributed by atoms with Gasteiger partial charge < -0.3 is 14.4 Å². The molecule has 0 amide bonds. The summed E-state index contributed by atoms with van der Waals surface area (Å²) in [6.45, 7) is 3.14. The lowest BCUT2D eigenvalue weighted by Crippen LogP contribution is -2.39. The third kappa shape index (κ3) is 4.92. The predicted octanol–water partition coefficient (Wildman–Crippen LogP) is 7.62. The molecule has 0 saturated carbocycles. The third-order valence-corrected chi connectivity index (χ3v) is 8.90. The molecule has 0 aromatic heterocycles. The lowest BCUT2D eigenvalue weighted by Gasteiger charge is -2.43. The van der Waals surface area contributed by atoms with Gasteiger partial charge in [-0.2, -0.15) is 0 Å². The monoisotopic (exact) mass is 651 g/mol. The van der Waals surface area contributed by atoms with Crippen LogP contribution in [0.3, 0.4) is 0 Å². The highest BCUT2D eigenvalue weighted by molar-refractivity contribution is 14.1. The van der Waals surface area contributed by atoms with Gasteiger partial charge in [0.2, 0.25) is 0 Å². The third-order valence-electron chi connectivity index (χ3n) is 7.35. The second-order valence-corrected chi connectivity index (χ2v) is 11.5. The van der Waals surface area contributed by atoms with E-state index < -0.39 is 0 Å². The molecule has 0 saturated heterocycles. The molecule has 0 radical (unpaired) electrons. The molecule has 5 nitrogen and oxygen atoms in total. The Labute approximate surface area is 240 Å². The second-order valence-electron chi connectivity index (χ2n) is 9.52. The highest BCUT2D eigenvalue weighted by atomic mass is 127. The summed E-state index contributed by atoms with van der Waals surface area (Å²) in [5.41, 5.74) is 5.52. The van der Waals surface area contributed by atoms with E-state index in [-0.39, 0.29) is 17.5 Å². The highest BCUT2D eigenvalue weighted by Crippen LogP contribution is 2.50. The summed E-state index contributed by atoms with van der Waals surface area (Å²) >= 11 is 14.5. The van der Waals surface area contributed by atoms with Gasteiger partial charge in [-0.25, -0.2) is 0 Å². The van der Waals surface area contributed by atoms with Crippen molar-refractivity contribution in [3.63, 3.8) is 0 Å². The Hall–Kier alpha value is -2.03. The number of allylic oxidation sites excluding steroid dienone is 4. The van der Waals surface area contributed by atoms with E-state index in [0.717, 1.165) is 69.5 Å². The minimum absolute atomic E-state index is 0.142. The number of ketones is 2. The zero-order valence-corrected chi connectivity index (χ0v) is 24.5. The summed E-state index contributed by atoms with van der Waals surface area (Å²) < 4.78 is 12.8. The average molecular weight is 652 g/mol. The van der Waals surface area contributed by atoms with Gasteiger partial charge in [-0.1, -0.05) is 29.3 Å². The van der Waals surface area contributed by atoms with Gasteiger partial charge >= 0.3 is 0 Å². The molecular formula is C29H28Cl2INO4. The first-order valence-corrected chi connectivity index (χ1v) is 14.4. The number of carbonyl (C=O) groups excluding carboxylic acids is 2. The number of methoxy groups -OCH3 is 1.